The summed E-state index contributed by atoms with van der Waals surface area (Å²) in [7, 11) is 0. The van der Waals surface area contributed by atoms with Crippen LogP contribution in [0, 0.1) is 13.8 Å². The molecule has 0 aromatic carbocycles. The van der Waals surface area contributed by atoms with Crippen LogP contribution in [0.15, 0.2) is 29.4 Å². The lowest BCUT2D eigenvalue weighted by atomic mass is 10.2. The molecule has 2 N–H and O–H groups in total. The molecule has 0 spiro atoms. The highest BCUT2D eigenvalue weighted by atomic mass is 16.5. The van der Waals surface area contributed by atoms with Crippen LogP contribution in [0.5, 0.6) is 5.88 Å². The molecule has 29 heavy (non-hydrogen) atoms. The van der Waals surface area contributed by atoms with E-state index in [2.05, 4.69) is 45.3 Å². The van der Waals surface area contributed by atoms with Gasteiger partial charge in [-0.2, -0.15) is 5.10 Å². The van der Waals surface area contributed by atoms with E-state index in [1.54, 1.807) is 0 Å². The number of aromatic nitrogens is 3. The van der Waals surface area contributed by atoms with Gasteiger partial charge in [0.1, 0.15) is 6.10 Å². The van der Waals surface area contributed by atoms with Crippen molar-refractivity contribution in [2.45, 2.75) is 72.1 Å². The molecule has 1 saturated carbocycles. The summed E-state index contributed by atoms with van der Waals surface area (Å²) in [6.45, 7) is 9.37. The lowest BCUT2D eigenvalue weighted by Gasteiger charge is -2.13. The first-order chi connectivity index (χ1) is 14.1. The van der Waals surface area contributed by atoms with Crippen molar-refractivity contribution >= 4 is 5.96 Å². The maximum absolute atomic E-state index is 6.00. The van der Waals surface area contributed by atoms with Gasteiger partial charge < -0.3 is 15.4 Å². The van der Waals surface area contributed by atoms with Crippen LogP contribution in [0.2, 0.25) is 0 Å². The zero-order chi connectivity index (χ0) is 20.5. The first kappa shape index (κ1) is 21.1. The Morgan fingerprint density at radius 3 is 2.79 bits per heavy atom. The zero-order valence-electron chi connectivity index (χ0n) is 17.9. The predicted octanol–water partition coefficient (Wildman–Crippen LogP) is 3.36. The maximum Gasteiger partial charge on any atom is 0.213 e. The molecule has 7 nitrogen and oxygen atoms in total. The minimum absolute atomic E-state index is 0.322. The van der Waals surface area contributed by atoms with Crippen molar-refractivity contribution in [3.05, 3.63) is 41.3 Å². The molecule has 1 fully saturated rings. The number of aliphatic imine (C=N–C) groups is 1. The largest absolute Gasteiger partial charge is 0.474 e. The first-order valence-corrected chi connectivity index (χ1v) is 10.8. The van der Waals surface area contributed by atoms with Gasteiger partial charge in [-0.25, -0.2) is 9.98 Å². The molecule has 158 valence electrons. The Balaban J connectivity index is 1.48. The van der Waals surface area contributed by atoms with Gasteiger partial charge in [0, 0.05) is 37.6 Å². The van der Waals surface area contributed by atoms with E-state index in [1.165, 1.54) is 18.5 Å². The Bertz CT molecular complexity index is 794. The molecule has 3 rings (SSSR count). The third-order valence-electron chi connectivity index (χ3n) is 5.10. The lowest BCUT2D eigenvalue weighted by molar-refractivity contribution is 0.201. The molecule has 1 aliphatic carbocycles. The molecule has 7 heteroatoms. The molecule has 0 aliphatic heterocycles. The van der Waals surface area contributed by atoms with Crippen LogP contribution in [0.4, 0.5) is 0 Å². The Morgan fingerprint density at radius 2 is 2.07 bits per heavy atom. The Morgan fingerprint density at radius 1 is 1.24 bits per heavy atom. The van der Waals surface area contributed by atoms with Crippen molar-refractivity contribution in [2.24, 2.45) is 4.99 Å². The summed E-state index contributed by atoms with van der Waals surface area (Å²) in [6.07, 6.45) is 7.90. The van der Waals surface area contributed by atoms with Crippen molar-refractivity contribution in [1.29, 1.82) is 0 Å². The molecule has 2 aromatic heterocycles. The number of pyridine rings is 1. The Labute approximate surface area is 174 Å². The quantitative estimate of drug-likeness (QED) is 0.385. The molecule has 2 aromatic rings. The van der Waals surface area contributed by atoms with Crippen molar-refractivity contribution in [3.8, 4) is 5.88 Å². The molecule has 0 unspecified atom stereocenters. The number of rotatable bonds is 9. The molecule has 0 saturated heterocycles. The van der Waals surface area contributed by atoms with Gasteiger partial charge in [0.05, 0.1) is 12.2 Å². The normalized spacial score (nSPS) is 14.9. The maximum atomic E-state index is 6.00. The molecule has 0 radical (unpaired) electrons. The fourth-order valence-electron chi connectivity index (χ4n) is 3.64. The van der Waals surface area contributed by atoms with E-state index in [4.69, 9.17) is 9.73 Å². The minimum Gasteiger partial charge on any atom is -0.474 e. The SMILES string of the molecule is CCNC(=NCc1ccnc(OC2CCCC2)c1)NCCCn1nc(C)cc1C. The molecule has 1 aliphatic rings. The standard InChI is InChI=1S/C22H34N6O/c1-4-23-22(25-11-7-13-28-18(3)14-17(2)27-28)26-16-19-10-12-24-21(15-19)29-20-8-5-6-9-20/h10,12,14-15,20H,4-9,11,13,16H2,1-3H3,(H2,23,25,26). The van der Waals surface area contributed by atoms with E-state index in [1.807, 2.05) is 25.3 Å². The molecule has 0 bridgehead atoms. The van der Waals surface area contributed by atoms with Crippen molar-refractivity contribution in [2.75, 3.05) is 13.1 Å². The topological polar surface area (TPSA) is 76.4 Å². The highest BCUT2D eigenvalue weighted by Gasteiger charge is 2.17. The summed E-state index contributed by atoms with van der Waals surface area (Å²) in [5, 5.41) is 11.2. The number of nitrogens with zero attached hydrogens (tertiary/aromatic N) is 4. The average molecular weight is 399 g/mol. The smallest absolute Gasteiger partial charge is 0.213 e. The number of nitrogens with one attached hydrogen (secondary N) is 2. The molecule has 0 amide bonds. The van der Waals surface area contributed by atoms with Gasteiger partial charge in [-0.3, -0.25) is 4.68 Å². The number of aryl methyl sites for hydroxylation is 3. The van der Waals surface area contributed by atoms with Gasteiger partial charge in [-0.15, -0.1) is 0 Å². The third-order valence-corrected chi connectivity index (χ3v) is 5.10. The van der Waals surface area contributed by atoms with Crippen LogP contribution in [-0.4, -0.2) is 39.9 Å². The summed E-state index contributed by atoms with van der Waals surface area (Å²) < 4.78 is 8.06. The van der Waals surface area contributed by atoms with E-state index < -0.39 is 0 Å². The van der Waals surface area contributed by atoms with E-state index in [-0.39, 0.29) is 0 Å². The molecule has 2 heterocycles. The Kier molecular flexibility index (Phi) is 7.90. The monoisotopic (exact) mass is 398 g/mol. The summed E-state index contributed by atoms with van der Waals surface area (Å²) in [6, 6.07) is 6.12. The summed E-state index contributed by atoms with van der Waals surface area (Å²) in [5.41, 5.74) is 3.38. The zero-order valence-corrected chi connectivity index (χ0v) is 17.9. The van der Waals surface area contributed by atoms with E-state index in [9.17, 15) is 0 Å². The van der Waals surface area contributed by atoms with Crippen LogP contribution in [-0.2, 0) is 13.1 Å². The average Bonchev–Trinajstić information content (AvgIpc) is 3.32. The highest BCUT2D eigenvalue weighted by Crippen LogP contribution is 2.23. The fourth-order valence-corrected chi connectivity index (χ4v) is 3.64. The highest BCUT2D eigenvalue weighted by molar-refractivity contribution is 5.79. The van der Waals surface area contributed by atoms with Crippen LogP contribution < -0.4 is 15.4 Å². The van der Waals surface area contributed by atoms with E-state index in [0.29, 0.717) is 18.5 Å². The number of hydrogen-bond donors (Lipinski definition) is 2. The number of hydrogen-bond acceptors (Lipinski definition) is 4. The van der Waals surface area contributed by atoms with Gasteiger partial charge in [0.25, 0.3) is 0 Å². The van der Waals surface area contributed by atoms with Gasteiger partial charge in [-0.05, 0) is 70.6 Å². The third kappa shape index (κ3) is 6.76. The van der Waals surface area contributed by atoms with Crippen molar-refractivity contribution in [1.82, 2.24) is 25.4 Å². The summed E-state index contributed by atoms with van der Waals surface area (Å²) in [5.74, 6) is 1.54. The molecule has 0 atom stereocenters. The fraction of sp³-hybridized carbons (Fsp3) is 0.591. The van der Waals surface area contributed by atoms with Crippen molar-refractivity contribution < 1.29 is 4.74 Å². The van der Waals surface area contributed by atoms with Crippen molar-refractivity contribution in [3.63, 3.8) is 0 Å². The van der Waals surface area contributed by atoms with Crippen LogP contribution in [0.3, 0.4) is 0 Å². The van der Waals surface area contributed by atoms with Gasteiger partial charge in [-0.1, -0.05) is 0 Å². The lowest BCUT2D eigenvalue weighted by Crippen LogP contribution is -2.38. The van der Waals surface area contributed by atoms with E-state index in [0.717, 1.165) is 56.1 Å². The van der Waals surface area contributed by atoms with E-state index >= 15 is 0 Å². The molecular formula is C22H34N6O. The van der Waals surface area contributed by atoms with Crippen LogP contribution >= 0.6 is 0 Å². The second-order valence-corrected chi connectivity index (χ2v) is 7.65. The minimum atomic E-state index is 0.322. The second kappa shape index (κ2) is 10.8. The predicted molar refractivity (Wildman–Crippen MR) is 116 cm³/mol. The Hall–Kier alpha value is -2.57. The van der Waals surface area contributed by atoms with Gasteiger partial charge >= 0.3 is 0 Å². The van der Waals surface area contributed by atoms with Crippen LogP contribution in [0.1, 0.15) is 56.0 Å². The second-order valence-electron chi connectivity index (χ2n) is 7.65. The molecular weight excluding hydrogens is 364 g/mol. The van der Waals surface area contributed by atoms with Gasteiger partial charge in [0.2, 0.25) is 5.88 Å². The van der Waals surface area contributed by atoms with Gasteiger partial charge in [0.15, 0.2) is 5.96 Å². The number of ether oxygens (including phenoxy) is 1. The van der Waals surface area contributed by atoms with Crippen LogP contribution in [0.25, 0.3) is 0 Å². The number of guanidine groups is 1. The summed E-state index contributed by atoms with van der Waals surface area (Å²) >= 11 is 0. The first-order valence-electron chi connectivity index (χ1n) is 10.8. The summed E-state index contributed by atoms with van der Waals surface area (Å²) in [4.78, 5) is 9.07.